The van der Waals surface area contributed by atoms with Gasteiger partial charge in [-0.05, 0) is 6.42 Å². The predicted molar refractivity (Wildman–Crippen MR) is 98.8 cm³/mol. The lowest BCUT2D eigenvalue weighted by Crippen LogP contribution is -2.44. The Morgan fingerprint density at radius 2 is 1.60 bits per heavy atom. The van der Waals surface area contributed by atoms with Crippen molar-refractivity contribution in [2.45, 2.75) is 18.5 Å². The molecule has 4 rings (SSSR count). The molecule has 4 nitrogen and oxygen atoms in total. The molecule has 2 bridgehead atoms. The smallest absolute Gasteiger partial charge is 0.326 e. The number of esters is 1. The Kier molecular flexibility index (Phi) is 4.67. The Bertz CT molecular complexity index is 726. The van der Waals surface area contributed by atoms with Crippen LogP contribution < -0.4 is 10.6 Å². The van der Waals surface area contributed by atoms with E-state index in [-0.39, 0.29) is 24.0 Å². The standard InChI is InChI=1S/C20H20NO3P/c1-23-20(22)19-15-12-13-16(14-15)21(19)24-25(17-8-4-2-5-9-17)18-10-6-3-7-11-18/h2-13,15-16,19H,14H2,1H3. The molecule has 0 aromatic heterocycles. The number of carbonyl (C=O) groups is 1. The van der Waals surface area contributed by atoms with Crippen molar-refractivity contribution in [3.63, 3.8) is 0 Å². The van der Waals surface area contributed by atoms with Crippen LogP contribution in [0.25, 0.3) is 0 Å². The van der Waals surface area contributed by atoms with Crippen molar-refractivity contribution in [1.82, 2.24) is 5.06 Å². The largest absolute Gasteiger partial charge is 0.468 e. The lowest BCUT2D eigenvalue weighted by molar-refractivity contribution is -0.162. The molecule has 1 aliphatic carbocycles. The maximum absolute atomic E-state index is 12.3. The summed E-state index contributed by atoms with van der Waals surface area (Å²) < 4.78 is 11.5. The summed E-state index contributed by atoms with van der Waals surface area (Å²) in [5, 5.41) is 4.11. The average molecular weight is 353 g/mol. The van der Waals surface area contributed by atoms with E-state index in [2.05, 4.69) is 36.4 Å². The quantitative estimate of drug-likeness (QED) is 0.471. The molecule has 2 aromatic carbocycles. The molecule has 1 fully saturated rings. The molecule has 0 N–H and O–H groups in total. The van der Waals surface area contributed by atoms with Gasteiger partial charge in [-0.25, -0.2) is 0 Å². The van der Waals surface area contributed by atoms with Crippen molar-refractivity contribution < 1.29 is 14.2 Å². The van der Waals surface area contributed by atoms with E-state index in [0.29, 0.717) is 0 Å². The molecule has 128 valence electrons. The lowest BCUT2D eigenvalue weighted by Gasteiger charge is -2.33. The van der Waals surface area contributed by atoms with Crippen molar-refractivity contribution in [2.75, 3.05) is 7.11 Å². The van der Waals surface area contributed by atoms with Crippen LogP contribution in [0, 0.1) is 5.92 Å². The first-order valence-electron chi connectivity index (χ1n) is 8.41. The molecule has 2 aromatic rings. The fourth-order valence-corrected chi connectivity index (χ4v) is 5.28. The molecule has 0 spiro atoms. The van der Waals surface area contributed by atoms with Crippen LogP contribution in [0.2, 0.25) is 0 Å². The molecule has 0 saturated carbocycles. The fraction of sp³-hybridized carbons (Fsp3) is 0.250. The van der Waals surface area contributed by atoms with Gasteiger partial charge in [-0.3, -0.25) is 9.42 Å². The second-order valence-corrected chi connectivity index (χ2v) is 8.01. The normalized spacial score (nSPS) is 24.8. The van der Waals surface area contributed by atoms with Crippen molar-refractivity contribution in [1.29, 1.82) is 0 Å². The number of methoxy groups -OCH3 is 1. The highest BCUT2D eigenvalue weighted by molar-refractivity contribution is 7.68. The predicted octanol–water partition coefficient (Wildman–Crippen LogP) is 2.77. The van der Waals surface area contributed by atoms with Crippen LogP contribution in [0.4, 0.5) is 0 Å². The SMILES string of the molecule is COC(=O)C1C2C=CC(C2)N1OP(c1ccccc1)c1ccccc1. The second-order valence-electron chi connectivity index (χ2n) is 6.23. The first-order valence-corrected chi connectivity index (χ1v) is 9.66. The van der Waals surface area contributed by atoms with Crippen molar-refractivity contribution >= 4 is 24.7 Å². The van der Waals surface area contributed by atoms with Gasteiger partial charge in [0.15, 0.2) is 0 Å². The molecule has 1 aliphatic heterocycles. The molecule has 5 heteroatoms. The first-order chi connectivity index (χ1) is 12.3. The number of hydrogen-bond donors (Lipinski definition) is 0. The molecule has 0 radical (unpaired) electrons. The monoisotopic (exact) mass is 353 g/mol. The van der Waals surface area contributed by atoms with E-state index in [4.69, 9.17) is 9.36 Å². The van der Waals surface area contributed by atoms with Crippen LogP contribution >= 0.6 is 8.15 Å². The van der Waals surface area contributed by atoms with Gasteiger partial charge >= 0.3 is 5.97 Å². The van der Waals surface area contributed by atoms with Gasteiger partial charge in [-0.1, -0.05) is 72.8 Å². The van der Waals surface area contributed by atoms with E-state index < -0.39 is 8.15 Å². The Morgan fingerprint density at radius 3 is 2.16 bits per heavy atom. The highest BCUT2D eigenvalue weighted by Crippen LogP contribution is 2.45. The molecule has 1 heterocycles. The van der Waals surface area contributed by atoms with Gasteiger partial charge in [0, 0.05) is 16.5 Å². The third-order valence-corrected chi connectivity index (χ3v) is 6.59. The molecule has 1 saturated heterocycles. The molecule has 25 heavy (non-hydrogen) atoms. The number of fused-ring (bicyclic) bond motifs is 2. The molecular weight excluding hydrogens is 333 g/mol. The van der Waals surface area contributed by atoms with Gasteiger partial charge in [-0.15, -0.1) is 0 Å². The maximum Gasteiger partial charge on any atom is 0.326 e. The number of benzene rings is 2. The number of nitrogens with zero attached hydrogens (tertiary/aromatic N) is 1. The minimum atomic E-state index is -1.05. The van der Waals surface area contributed by atoms with Crippen LogP contribution in [0.15, 0.2) is 72.8 Å². The van der Waals surface area contributed by atoms with Gasteiger partial charge in [0.25, 0.3) is 0 Å². The topological polar surface area (TPSA) is 38.8 Å². The van der Waals surface area contributed by atoms with E-state index in [1.54, 1.807) is 0 Å². The zero-order valence-electron chi connectivity index (χ0n) is 14.0. The minimum absolute atomic E-state index is 0.131. The van der Waals surface area contributed by atoms with Crippen LogP contribution in [-0.2, 0) is 14.2 Å². The van der Waals surface area contributed by atoms with E-state index in [1.807, 2.05) is 41.5 Å². The Morgan fingerprint density at radius 1 is 1.00 bits per heavy atom. The number of hydroxylamine groups is 2. The van der Waals surface area contributed by atoms with E-state index in [9.17, 15) is 4.79 Å². The number of hydrogen-bond acceptors (Lipinski definition) is 4. The lowest BCUT2D eigenvalue weighted by atomic mass is 10.0. The number of ether oxygens (including phenoxy) is 1. The molecule has 3 unspecified atom stereocenters. The van der Waals surface area contributed by atoms with Crippen molar-refractivity contribution in [3.8, 4) is 0 Å². The highest BCUT2D eigenvalue weighted by Gasteiger charge is 2.49. The van der Waals surface area contributed by atoms with Crippen molar-refractivity contribution in [2.24, 2.45) is 5.92 Å². The van der Waals surface area contributed by atoms with E-state index in [1.165, 1.54) is 7.11 Å². The van der Waals surface area contributed by atoms with Gasteiger partial charge in [0.1, 0.15) is 14.2 Å². The minimum Gasteiger partial charge on any atom is -0.468 e. The Hall–Kier alpha value is -2.00. The zero-order valence-corrected chi connectivity index (χ0v) is 14.9. The molecule has 0 amide bonds. The summed E-state index contributed by atoms with van der Waals surface area (Å²) in [5.74, 6) is -0.0613. The van der Waals surface area contributed by atoms with Gasteiger partial charge in [0.2, 0.25) is 0 Å². The third-order valence-electron chi connectivity index (χ3n) is 4.70. The van der Waals surface area contributed by atoms with E-state index >= 15 is 0 Å². The first kappa shape index (κ1) is 16.5. The van der Waals surface area contributed by atoms with Crippen molar-refractivity contribution in [3.05, 3.63) is 72.8 Å². The molecule has 3 atom stereocenters. The maximum atomic E-state index is 12.3. The summed E-state index contributed by atoms with van der Waals surface area (Å²) in [7, 11) is 0.392. The van der Waals surface area contributed by atoms with Crippen LogP contribution in [0.1, 0.15) is 6.42 Å². The molecular formula is C20H20NO3P. The van der Waals surface area contributed by atoms with Crippen LogP contribution in [-0.4, -0.2) is 30.2 Å². The average Bonchev–Trinajstić information content (AvgIpc) is 3.28. The summed E-state index contributed by atoms with van der Waals surface area (Å²) in [5.41, 5.74) is 0. The Balaban J connectivity index is 1.67. The summed E-state index contributed by atoms with van der Waals surface area (Å²) >= 11 is 0. The van der Waals surface area contributed by atoms with Crippen LogP contribution in [0.5, 0.6) is 0 Å². The summed E-state index contributed by atoms with van der Waals surface area (Å²) in [4.78, 5) is 12.3. The third kappa shape index (κ3) is 3.13. The highest BCUT2D eigenvalue weighted by atomic mass is 31.1. The summed E-state index contributed by atoms with van der Waals surface area (Å²) in [6.07, 6.45) is 5.15. The van der Waals surface area contributed by atoms with Gasteiger partial charge in [-0.2, -0.15) is 5.06 Å². The van der Waals surface area contributed by atoms with Gasteiger partial charge in [0.05, 0.1) is 13.2 Å². The second kappa shape index (κ2) is 7.09. The molecule has 2 aliphatic rings. The fourth-order valence-electron chi connectivity index (χ4n) is 3.50. The van der Waals surface area contributed by atoms with Gasteiger partial charge < -0.3 is 4.74 Å². The Labute approximate surface area is 148 Å². The number of rotatable bonds is 5. The van der Waals surface area contributed by atoms with E-state index in [0.717, 1.165) is 17.0 Å². The number of carbonyl (C=O) groups excluding carboxylic acids is 1. The summed E-state index contributed by atoms with van der Waals surface area (Å²) in [6, 6.07) is 20.2. The van der Waals surface area contributed by atoms with Crippen LogP contribution in [0.3, 0.4) is 0 Å². The summed E-state index contributed by atoms with van der Waals surface area (Å²) in [6.45, 7) is 0. The zero-order chi connectivity index (χ0) is 17.2.